The summed E-state index contributed by atoms with van der Waals surface area (Å²) in [5.74, 6) is -0.488. The lowest BCUT2D eigenvalue weighted by Crippen LogP contribution is -2.26. The number of carbonyl (C=O) groups excluding carboxylic acids is 1. The molecule has 0 bridgehead atoms. The molecule has 0 aliphatic carbocycles. The molecule has 22 heavy (non-hydrogen) atoms. The van der Waals surface area contributed by atoms with E-state index in [1.165, 1.54) is 12.1 Å². The molecule has 0 radical (unpaired) electrons. The van der Waals surface area contributed by atoms with Gasteiger partial charge < -0.3 is 9.72 Å². The van der Waals surface area contributed by atoms with Crippen molar-refractivity contribution in [2.75, 3.05) is 0 Å². The molecule has 1 aromatic carbocycles. The average molecular weight is 297 g/mol. The fourth-order valence-electron chi connectivity index (χ4n) is 2.42. The highest BCUT2D eigenvalue weighted by molar-refractivity contribution is 6.00. The molecule has 0 aliphatic heterocycles. The second kappa shape index (κ2) is 5.60. The van der Waals surface area contributed by atoms with Crippen LogP contribution in [-0.4, -0.2) is 15.3 Å². The van der Waals surface area contributed by atoms with E-state index in [0.29, 0.717) is 11.2 Å². The predicted molar refractivity (Wildman–Crippen MR) is 82.2 cm³/mol. The highest BCUT2D eigenvalue weighted by atomic mass is 19.1. The number of aryl methyl sites for hydroxylation is 1. The van der Waals surface area contributed by atoms with Gasteiger partial charge in [0.25, 0.3) is 5.91 Å². The van der Waals surface area contributed by atoms with E-state index in [2.05, 4.69) is 10.3 Å². The fourth-order valence-corrected chi connectivity index (χ4v) is 2.42. The second-order valence-electron chi connectivity index (χ2n) is 5.26. The second-order valence-corrected chi connectivity index (χ2v) is 5.26. The van der Waals surface area contributed by atoms with E-state index in [4.69, 9.17) is 0 Å². The van der Waals surface area contributed by atoms with Gasteiger partial charge in [0.2, 0.25) is 0 Å². The van der Waals surface area contributed by atoms with Gasteiger partial charge in [-0.1, -0.05) is 12.1 Å². The molecule has 112 valence electrons. The van der Waals surface area contributed by atoms with Crippen molar-refractivity contribution < 1.29 is 9.18 Å². The van der Waals surface area contributed by atoms with Crippen LogP contribution in [0, 0.1) is 12.7 Å². The first-order valence-electron chi connectivity index (χ1n) is 7.05. The molecule has 2 heterocycles. The molecule has 1 unspecified atom stereocenters. The molecule has 0 saturated carbocycles. The van der Waals surface area contributed by atoms with Gasteiger partial charge in [-0.25, -0.2) is 9.37 Å². The zero-order chi connectivity index (χ0) is 15.7. The van der Waals surface area contributed by atoms with E-state index in [1.54, 1.807) is 24.4 Å². The summed E-state index contributed by atoms with van der Waals surface area (Å²) in [6.07, 6.45) is 3.51. The summed E-state index contributed by atoms with van der Waals surface area (Å²) >= 11 is 0. The van der Waals surface area contributed by atoms with Crippen molar-refractivity contribution in [3.63, 3.8) is 0 Å². The molecule has 2 aromatic heterocycles. The van der Waals surface area contributed by atoms with Crippen LogP contribution in [0.3, 0.4) is 0 Å². The van der Waals surface area contributed by atoms with Gasteiger partial charge in [-0.2, -0.15) is 0 Å². The quantitative estimate of drug-likeness (QED) is 0.806. The lowest BCUT2D eigenvalue weighted by atomic mass is 10.1. The van der Waals surface area contributed by atoms with E-state index < -0.39 is 0 Å². The zero-order valence-electron chi connectivity index (χ0n) is 12.4. The predicted octanol–water partition coefficient (Wildman–Crippen LogP) is 3.27. The molecule has 0 saturated heterocycles. The molecular formula is C17H16FN3O. The normalized spacial score (nSPS) is 12.3. The van der Waals surface area contributed by atoms with Crippen LogP contribution in [0.15, 0.2) is 48.8 Å². The van der Waals surface area contributed by atoms with Gasteiger partial charge in [-0.3, -0.25) is 4.79 Å². The number of halogens is 1. The molecule has 4 nitrogen and oxygen atoms in total. The van der Waals surface area contributed by atoms with Crippen molar-refractivity contribution >= 4 is 11.6 Å². The number of amides is 1. The Hall–Kier alpha value is -2.69. The number of hydrogen-bond donors (Lipinski definition) is 1. The van der Waals surface area contributed by atoms with Crippen LogP contribution < -0.4 is 5.32 Å². The minimum atomic E-state index is -0.291. The Morgan fingerprint density at radius 2 is 1.95 bits per heavy atom. The topological polar surface area (TPSA) is 46.4 Å². The van der Waals surface area contributed by atoms with Crippen molar-refractivity contribution in [1.29, 1.82) is 0 Å². The lowest BCUT2D eigenvalue weighted by molar-refractivity contribution is 0.0941. The maximum Gasteiger partial charge on any atom is 0.255 e. The van der Waals surface area contributed by atoms with Crippen molar-refractivity contribution in [2.24, 2.45) is 0 Å². The molecule has 0 fully saturated rings. The number of nitrogens with one attached hydrogen (secondary N) is 1. The van der Waals surface area contributed by atoms with Gasteiger partial charge in [-0.05, 0) is 43.7 Å². The van der Waals surface area contributed by atoms with Crippen LogP contribution in [0.2, 0.25) is 0 Å². The molecule has 0 aliphatic rings. The Balaban J connectivity index is 1.84. The Kier molecular flexibility index (Phi) is 3.63. The summed E-state index contributed by atoms with van der Waals surface area (Å²) in [6.45, 7) is 3.82. The van der Waals surface area contributed by atoms with Crippen LogP contribution in [0.4, 0.5) is 4.39 Å². The molecule has 3 aromatic rings. The first-order chi connectivity index (χ1) is 10.6. The molecule has 1 N–H and O–H groups in total. The van der Waals surface area contributed by atoms with E-state index >= 15 is 0 Å². The third-order valence-electron chi connectivity index (χ3n) is 3.71. The number of carbonyl (C=O) groups is 1. The van der Waals surface area contributed by atoms with Gasteiger partial charge >= 0.3 is 0 Å². The van der Waals surface area contributed by atoms with E-state index in [-0.39, 0.29) is 17.8 Å². The summed E-state index contributed by atoms with van der Waals surface area (Å²) in [7, 11) is 0. The lowest BCUT2D eigenvalue weighted by Gasteiger charge is -2.14. The summed E-state index contributed by atoms with van der Waals surface area (Å²) in [5, 5.41) is 2.91. The highest BCUT2D eigenvalue weighted by Gasteiger charge is 2.16. The number of nitrogens with zero attached hydrogens (tertiary/aromatic N) is 2. The van der Waals surface area contributed by atoms with Gasteiger partial charge in [0.05, 0.1) is 11.6 Å². The van der Waals surface area contributed by atoms with Crippen LogP contribution in [0.25, 0.3) is 5.65 Å². The minimum absolute atomic E-state index is 0.197. The minimum Gasteiger partial charge on any atom is -0.345 e. The van der Waals surface area contributed by atoms with Crippen LogP contribution >= 0.6 is 0 Å². The van der Waals surface area contributed by atoms with Crippen molar-refractivity contribution in [3.05, 3.63) is 71.4 Å². The Morgan fingerprint density at radius 3 is 2.68 bits per heavy atom. The Morgan fingerprint density at radius 1 is 1.23 bits per heavy atom. The molecule has 1 atom stereocenters. The monoisotopic (exact) mass is 297 g/mol. The van der Waals surface area contributed by atoms with Gasteiger partial charge in [-0.15, -0.1) is 0 Å². The largest absolute Gasteiger partial charge is 0.345 e. The summed E-state index contributed by atoms with van der Waals surface area (Å²) in [5.41, 5.74) is 3.01. The molecule has 0 spiro atoms. The summed E-state index contributed by atoms with van der Waals surface area (Å²) < 4.78 is 14.8. The smallest absolute Gasteiger partial charge is 0.255 e. The van der Waals surface area contributed by atoms with Gasteiger partial charge in [0.15, 0.2) is 0 Å². The number of benzene rings is 1. The number of fused-ring (bicyclic) bond motifs is 1. The number of rotatable bonds is 3. The van der Waals surface area contributed by atoms with Crippen molar-refractivity contribution in [3.8, 4) is 0 Å². The SMILES string of the molecule is Cc1ccnc2c(C(=O)NC(C)c3ccc(F)cc3)ccn12. The van der Waals surface area contributed by atoms with Crippen LogP contribution in [-0.2, 0) is 0 Å². The maximum atomic E-state index is 12.9. The fraction of sp³-hybridized carbons (Fsp3) is 0.176. The first-order valence-corrected chi connectivity index (χ1v) is 7.05. The Bertz CT molecular complexity index is 824. The first kappa shape index (κ1) is 14.3. The van der Waals surface area contributed by atoms with Crippen molar-refractivity contribution in [1.82, 2.24) is 14.7 Å². The van der Waals surface area contributed by atoms with Gasteiger partial charge in [0, 0.05) is 18.1 Å². The molecular weight excluding hydrogens is 281 g/mol. The zero-order valence-corrected chi connectivity index (χ0v) is 12.4. The van der Waals surface area contributed by atoms with E-state index in [0.717, 1.165) is 11.3 Å². The summed E-state index contributed by atoms with van der Waals surface area (Å²) in [6, 6.07) is 9.53. The third-order valence-corrected chi connectivity index (χ3v) is 3.71. The van der Waals surface area contributed by atoms with Crippen LogP contribution in [0.1, 0.15) is 34.6 Å². The highest BCUT2D eigenvalue weighted by Crippen LogP contribution is 2.16. The Labute approximate surface area is 127 Å². The standard InChI is InChI=1S/C17H16FN3O/c1-11-7-9-19-16-15(8-10-21(11)16)17(22)20-12(2)13-3-5-14(18)6-4-13/h3-10,12H,1-2H3,(H,20,22). The average Bonchev–Trinajstić information content (AvgIpc) is 2.93. The number of hydrogen-bond acceptors (Lipinski definition) is 2. The van der Waals surface area contributed by atoms with Gasteiger partial charge in [0.1, 0.15) is 11.5 Å². The van der Waals surface area contributed by atoms with E-state index in [9.17, 15) is 9.18 Å². The maximum absolute atomic E-state index is 12.9. The third kappa shape index (κ3) is 2.57. The molecule has 5 heteroatoms. The number of aromatic nitrogens is 2. The van der Waals surface area contributed by atoms with Crippen molar-refractivity contribution in [2.45, 2.75) is 19.9 Å². The van der Waals surface area contributed by atoms with E-state index in [1.807, 2.05) is 30.5 Å². The van der Waals surface area contributed by atoms with Crippen LogP contribution in [0.5, 0.6) is 0 Å². The summed E-state index contributed by atoms with van der Waals surface area (Å²) in [4.78, 5) is 16.7. The molecule has 1 amide bonds. The molecule has 3 rings (SSSR count).